The third-order valence-corrected chi connectivity index (χ3v) is 5.15. The molecule has 0 amide bonds. The van der Waals surface area contributed by atoms with E-state index in [0.717, 1.165) is 5.56 Å². The fourth-order valence-electron chi connectivity index (χ4n) is 3.60. The van der Waals surface area contributed by atoms with Gasteiger partial charge in [-0.15, -0.1) is 0 Å². The van der Waals surface area contributed by atoms with Crippen LogP contribution in [-0.4, -0.2) is 53.3 Å². The van der Waals surface area contributed by atoms with Gasteiger partial charge in [0, 0.05) is 29.7 Å². The molecule has 0 saturated carbocycles. The number of fused-ring (bicyclic) bond motifs is 1. The van der Waals surface area contributed by atoms with Crippen LogP contribution in [0.15, 0.2) is 78.3 Å². The Hall–Kier alpha value is -4.73. The summed E-state index contributed by atoms with van der Waals surface area (Å²) in [5, 5.41) is 4.36. The molecule has 0 atom stereocenters. The second kappa shape index (κ2) is 10.0. The quantitative estimate of drug-likeness (QED) is 0.393. The first-order valence-corrected chi connectivity index (χ1v) is 10.7. The van der Waals surface area contributed by atoms with E-state index in [1.54, 1.807) is 65.2 Å². The van der Waals surface area contributed by atoms with Gasteiger partial charge >= 0.3 is 17.9 Å². The number of ether oxygens (including phenoxy) is 3. The summed E-state index contributed by atoms with van der Waals surface area (Å²) in [4.78, 5) is 43.1. The largest absolute Gasteiger partial charge is 0.465 e. The van der Waals surface area contributed by atoms with Gasteiger partial charge in [0.1, 0.15) is 5.70 Å². The number of hydrogen-bond donors (Lipinski definition) is 0. The van der Waals surface area contributed by atoms with Crippen molar-refractivity contribution < 1.29 is 28.6 Å². The highest BCUT2D eigenvalue weighted by atomic mass is 16.5. The Labute approximate surface area is 200 Å². The summed E-state index contributed by atoms with van der Waals surface area (Å²) in [6.07, 6.45) is 8.07. The number of hydrogen-bond acceptors (Lipinski definition) is 9. The van der Waals surface area contributed by atoms with Gasteiger partial charge in [-0.05, 0) is 37.3 Å². The Morgan fingerprint density at radius 3 is 2.51 bits per heavy atom. The zero-order valence-electron chi connectivity index (χ0n) is 19.3. The summed E-state index contributed by atoms with van der Waals surface area (Å²) in [5.74, 6) is -1.92. The molecule has 2 aromatic heterocycles. The summed E-state index contributed by atoms with van der Waals surface area (Å²) >= 11 is 0. The van der Waals surface area contributed by atoms with Crippen molar-refractivity contribution in [2.45, 2.75) is 6.92 Å². The predicted octanol–water partition coefficient (Wildman–Crippen LogP) is 3.06. The van der Waals surface area contributed by atoms with Gasteiger partial charge < -0.3 is 19.1 Å². The Balaban J connectivity index is 1.83. The average Bonchev–Trinajstić information content (AvgIpc) is 3.20. The van der Waals surface area contributed by atoms with Crippen molar-refractivity contribution in [3.63, 3.8) is 0 Å². The molecule has 3 heterocycles. The van der Waals surface area contributed by atoms with Crippen molar-refractivity contribution in [3.05, 3.63) is 84.0 Å². The van der Waals surface area contributed by atoms with Crippen molar-refractivity contribution in [1.82, 2.24) is 14.6 Å². The first kappa shape index (κ1) is 23.4. The molecule has 35 heavy (non-hydrogen) atoms. The molecule has 0 unspecified atom stereocenters. The fraction of sp³-hybridized carbons (Fsp3) is 0.160. The predicted molar refractivity (Wildman–Crippen MR) is 126 cm³/mol. The SMILES string of the molecule is CCOC(=O)c1cc2nccc(-c3cccc(N4C=CC=CC(C(=O)OC)=C4C(=O)OC)c3)n2n1. The number of esters is 3. The summed E-state index contributed by atoms with van der Waals surface area (Å²) in [5.41, 5.74) is 2.62. The normalized spacial score (nSPS) is 13.1. The van der Waals surface area contributed by atoms with Gasteiger partial charge in [-0.25, -0.2) is 23.9 Å². The van der Waals surface area contributed by atoms with Crippen molar-refractivity contribution in [1.29, 1.82) is 0 Å². The van der Waals surface area contributed by atoms with E-state index in [0.29, 0.717) is 17.0 Å². The summed E-state index contributed by atoms with van der Waals surface area (Å²) < 4.78 is 16.4. The Morgan fingerprint density at radius 2 is 1.77 bits per heavy atom. The molecule has 10 nitrogen and oxygen atoms in total. The Kier molecular flexibility index (Phi) is 6.72. The number of methoxy groups -OCH3 is 2. The molecule has 0 aliphatic carbocycles. The molecule has 0 fully saturated rings. The standard InChI is InChI=1S/C25H22N4O6/c1-4-35-24(31)19-15-21-26-12-11-20(29(21)27-19)16-8-7-9-17(14-16)28-13-6-5-10-18(23(30)33-2)22(28)25(32)34-3/h5-15H,4H2,1-3H3. The van der Waals surface area contributed by atoms with Crippen LogP contribution in [0.4, 0.5) is 5.69 Å². The monoisotopic (exact) mass is 474 g/mol. The van der Waals surface area contributed by atoms with Crippen molar-refractivity contribution in [2.75, 3.05) is 25.7 Å². The highest BCUT2D eigenvalue weighted by Gasteiger charge is 2.27. The number of allylic oxidation sites excluding steroid dienone is 2. The van der Waals surface area contributed by atoms with Gasteiger partial charge in [-0.2, -0.15) is 5.10 Å². The number of aromatic nitrogens is 3. The number of carbonyl (C=O) groups is 3. The molecule has 1 aromatic carbocycles. The maximum atomic E-state index is 12.7. The lowest BCUT2D eigenvalue weighted by Crippen LogP contribution is -2.27. The lowest BCUT2D eigenvalue weighted by Gasteiger charge is -2.23. The molecule has 0 N–H and O–H groups in total. The Morgan fingerprint density at radius 1 is 0.971 bits per heavy atom. The molecule has 0 radical (unpaired) electrons. The van der Waals surface area contributed by atoms with Crippen LogP contribution in [-0.2, 0) is 23.8 Å². The maximum Gasteiger partial charge on any atom is 0.358 e. The molecule has 0 spiro atoms. The molecule has 10 heteroatoms. The van der Waals surface area contributed by atoms with Crippen LogP contribution < -0.4 is 4.90 Å². The number of nitrogens with zero attached hydrogens (tertiary/aromatic N) is 4. The summed E-state index contributed by atoms with van der Waals surface area (Å²) in [7, 11) is 2.48. The molecule has 4 rings (SSSR count). The van der Waals surface area contributed by atoms with E-state index in [-0.39, 0.29) is 23.6 Å². The second-order valence-corrected chi connectivity index (χ2v) is 7.22. The molecule has 3 aromatic rings. The van der Waals surface area contributed by atoms with E-state index in [1.165, 1.54) is 20.3 Å². The van der Waals surface area contributed by atoms with E-state index in [2.05, 4.69) is 10.1 Å². The molecule has 0 saturated heterocycles. The first-order valence-electron chi connectivity index (χ1n) is 10.7. The van der Waals surface area contributed by atoms with Crippen LogP contribution in [0.3, 0.4) is 0 Å². The van der Waals surface area contributed by atoms with E-state index < -0.39 is 17.9 Å². The molecule has 178 valence electrons. The van der Waals surface area contributed by atoms with E-state index in [4.69, 9.17) is 14.2 Å². The van der Waals surface area contributed by atoms with E-state index >= 15 is 0 Å². The molecule has 1 aliphatic heterocycles. The molecular weight excluding hydrogens is 452 g/mol. The van der Waals surface area contributed by atoms with Crippen LogP contribution in [0, 0.1) is 0 Å². The zero-order valence-corrected chi connectivity index (χ0v) is 19.3. The van der Waals surface area contributed by atoms with E-state index in [9.17, 15) is 14.4 Å². The smallest absolute Gasteiger partial charge is 0.358 e. The molecular formula is C25H22N4O6. The lowest BCUT2D eigenvalue weighted by molar-refractivity contribution is -0.139. The van der Waals surface area contributed by atoms with E-state index in [1.807, 2.05) is 12.1 Å². The van der Waals surface area contributed by atoms with Crippen molar-refractivity contribution in [2.24, 2.45) is 0 Å². The lowest BCUT2D eigenvalue weighted by atomic mass is 10.1. The van der Waals surface area contributed by atoms with Gasteiger partial charge in [0.25, 0.3) is 0 Å². The maximum absolute atomic E-state index is 12.7. The van der Waals surface area contributed by atoms with Gasteiger partial charge in [0.05, 0.1) is 32.1 Å². The third-order valence-electron chi connectivity index (χ3n) is 5.15. The fourth-order valence-corrected chi connectivity index (χ4v) is 3.60. The Bertz CT molecular complexity index is 1400. The minimum atomic E-state index is -0.704. The average molecular weight is 474 g/mol. The van der Waals surface area contributed by atoms with Crippen LogP contribution in [0.2, 0.25) is 0 Å². The third kappa shape index (κ3) is 4.54. The highest BCUT2D eigenvalue weighted by molar-refractivity contribution is 6.05. The number of rotatable bonds is 6. The molecule has 0 bridgehead atoms. The van der Waals surface area contributed by atoms with Crippen LogP contribution in [0.1, 0.15) is 17.4 Å². The minimum Gasteiger partial charge on any atom is -0.465 e. The van der Waals surface area contributed by atoms with Crippen LogP contribution in [0.25, 0.3) is 16.9 Å². The van der Waals surface area contributed by atoms with Crippen molar-refractivity contribution >= 4 is 29.2 Å². The van der Waals surface area contributed by atoms with Crippen LogP contribution >= 0.6 is 0 Å². The highest BCUT2D eigenvalue weighted by Crippen LogP contribution is 2.30. The molecule has 1 aliphatic rings. The summed E-state index contributed by atoms with van der Waals surface area (Å²) in [6.45, 7) is 1.95. The topological polar surface area (TPSA) is 112 Å². The first-order chi connectivity index (χ1) is 17.0. The number of carbonyl (C=O) groups excluding carboxylic acids is 3. The van der Waals surface area contributed by atoms with Gasteiger partial charge in [-0.3, -0.25) is 0 Å². The number of anilines is 1. The second-order valence-electron chi connectivity index (χ2n) is 7.22. The van der Waals surface area contributed by atoms with Gasteiger partial charge in [0.2, 0.25) is 0 Å². The van der Waals surface area contributed by atoms with Crippen LogP contribution in [0.5, 0.6) is 0 Å². The van der Waals surface area contributed by atoms with Crippen molar-refractivity contribution in [3.8, 4) is 11.3 Å². The number of benzene rings is 1. The summed E-state index contributed by atoms with van der Waals surface area (Å²) in [6, 6.07) is 10.6. The minimum absolute atomic E-state index is 0.00469. The zero-order chi connectivity index (χ0) is 24.9. The van der Waals surface area contributed by atoms with Gasteiger partial charge in [-0.1, -0.05) is 18.2 Å². The van der Waals surface area contributed by atoms with Gasteiger partial charge in [0.15, 0.2) is 11.3 Å².